The summed E-state index contributed by atoms with van der Waals surface area (Å²) in [5.41, 5.74) is 1.63. The summed E-state index contributed by atoms with van der Waals surface area (Å²) in [6.07, 6.45) is 5.44. The Balaban J connectivity index is 2.04. The lowest BCUT2D eigenvalue weighted by atomic mass is 10.3. The molecule has 0 aliphatic carbocycles. The molecule has 17 heavy (non-hydrogen) atoms. The second kappa shape index (κ2) is 5.10. The van der Waals surface area contributed by atoms with Crippen molar-refractivity contribution in [3.05, 3.63) is 47.0 Å². The van der Waals surface area contributed by atoms with Crippen LogP contribution in [-0.2, 0) is 13.1 Å². The van der Waals surface area contributed by atoms with Gasteiger partial charge in [-0.25, -0.2) is 0 Å². The van der Waals surface area contributed by atoms with Crippen molar-refractivity contribution in [3.63, 3.8) is 0 Å². The number of nitrogens with one attached hydrogen (secondary N) is 2. The van der Waals surface area contributed by atoms with Gasteiger partial charge in [0, 0.05) is 31.7 Å². The second-order valence-corrected chi connectivity index (χ2v) is 4.17. The zero-order chi connectivity index (χ0) is 12.3. The van der Waals surface area contributed by atoms with E-state index >= 15 is 0 Å². The summed E-state index contributed by atoms with van der Waals surface area (Å²) in [5.74, 6) is -0.111. The minimum Gasteiger partial charge on any atom is -0.367 e. The van der Waals surface area contributed by atoms with Gasteiger partial charge >= 0.3 is 0 Å². The van der Waals surface area contributed by atoms with Gasteiger partial charge in [-0.05, 0) is 24.6 Å². The predicted molar refractivity (Wildman–Crippen MR) is 67.1 cm³/mol. The average Bonchev–Trinajstić information content (AvgIpc) is 2.94. The fraction of sp³-hybridized carbons (Fsp3) is 0.250. The molecule has 0 fully saturated rings. The molecule has 0 spiro atoms. The summed E-state index contributed by atoms with van der Waals surface area (Å²) in [6, 6.07) is 3.60. The summed E-state index contributed by atoms with van der Waals surface area (Å²) in [7, 11) is 0. The predicted octanol–water partition coefficient (Wildman–Crippen LogP) is 2.42. The molecule has 0 radical (unpaired) electrons. The van der Waals surface area contributed by atoms with E-state index < -0.39 is 0 Å². The van der Waals surface area contributed by atoms with Crippen LogP contribution < -0.4 is 5.32 Å². The van der Waals surface area contributed by atoms with Gasteiger partial charge in [0.1, 0.15) is 5.69 Å². The van der Waals surface area contributed by atoms with Gasteiger partial charge in [-0.2, -0.15) is 0 Å². The van der Waals surface area contributed by atoms with Gasteiger partial charge in [0.15, 0.2) is 0 Å². The lowest BCUT2D eigenvalue weighted by Crippen LogP contribution is -2.25. The van der Waals surface area contributed by atoms with Gasteiger partial charge < -0.3 is 14.9 Å². The molecule has 0 saturated carbocycles. The van der Waals surface area contributed by atoms with Crippen LogP contribution in [0.1, 0.15) is 23.0 Å². The topological polar surface area (TPSA) is 49.8 Å². The van der Waals surface area contributed by atoms with Crippen molar-refractivity contribution < 1.29 is 4.79 Å². The van der Waals surface area contributed by atoms with Crippen molar-refractivity contribution in [2.24, 2.45) is 0 Å². The first-order valence-electron chi connectivity index (χ1n) is 5.46. The first-order chi connectivity index (χ1) is 8.20. The molecule has 90 valence electrons. The summed E-state index contributed by atoms with van der Waals surface area (Å²) in [6.45, 7) is 3.20. The number of aromatic nitrogens is 2. The number of hydrogen-bond donors (Lipinski definition) is 2. The maximum absolute atomic E-state index is 11.9. The monoisotopic (exact) mass is 251 g/mol. The Morgan fingerprint density at radius 1 is 1.59 bits per heavy atom. The normalized spacial score (nSPS) is 10.5. The third kappa shape index (κ3) is 2.71. The highest BCUT2D eigenvalue weighted by Gasteiger charge is 2.11. The van der Waals surface area contributed by atoms with Gasteiger partial charge in [0.05, 0.1) is 5.02 Å². The lowest BCUT2D eigenvalue weighted by Gasteiger charge is -2.06. The zero-order valence-corrected chi connectivity index (χ0v) is 10.3. The smallest absolute Gasteiger partial charge is 0.268 e. The van der Waals surface area contributed by atoms with Crippen molar-refractivity contribution in [2.45, 2.75) is 20.0 Å². The van der Waals surface area contributed by atoms with E-state index in [9.17, 15) is 4.79 Å². The molecule has 1 amide bonds. The molecule has 0 aliphatic heterocycles. The zero-order valence-electron chi connectivity index (χ0n) is 9.53. The maximum Gasteiger partial charge on any atom is 0.268 e. The molecule has 0 bridgehead atoms. The van der Waals surface area contributed by atoms with E-state index in [4.69, 9.17) is 11.6 Å². The first-order valence-corrected chi connectivity index (χ1v) is 5.84. The SMILES string of the molecule is CCn1cc(Cl)cc1C(=O)NCc1cc[nH]c1. The van der Waals surface area contributed by atoms with E-state index in [0.29, 0.717) is 17.3 Å². The maximum atomic E-state index is 11.9. The molecule has 4 nitrogen and oxygen atoms in total. The molecule has 2 heterocycles. The molecule has 0 aromatic carbocycles. The number of H-pyrrole nitrogens is 1. The number of rotatable bonds is 4. The van der Waals surface area contributed by atoms with Crippen LogP contribution in [0.2, 0.25) is 5.02 Å². The molecule has 5 heteroatoms. The molecule has 2 aromatic rings. The van der Waals surface area contributed by atoms with Crippen LogP contribution in [-0.4, -0.2) is 15.5 Å². The Morgan fingerprint density at radius 3 is 3.06 bits per heavy atom. The van der Waals surface area contributed by atoms with Crippen LogP contribution in [0.3, 0.4) is 0 Å². The van der Waals surface area contributed by atoms with E-state index in [1.54, 1.807) is 12.3 Å². The van der Waals surface area contributed by atoms with Gasteiger partial charge in [-0.3, -0.25) is 4.79 Å². The highest BCUT2D eigenvalue weighted by molar-refractivity contribution is 6.31. The highest BCUT2D eigenvalue weighted by atomic mass is 35.5. The van der Waals surface area contributed by atoms with Crippen molar-refractivity contribution >= 4 is 17.5 Å². The minimum atomic E-state index is -0.111. The van der Waals surface area contributed by atoms with Crippen molar-refractivity contribution in [1.29, 1.82) is 0 Å². The summed E-state index contributed by atoms with van der Waals surface area (Å²) < 4.78 is 1.83. The second-order valence-electron chi connectivity index (χ2n) is 3.73. The number of aromatic amines is 1. The Labute approximate surface area is 105 Å². The number of nitrogens with zero attached hydrogens (tertiary/aromatic N) is 1. The molecule has 2 N–H and O–H groups in total. The molecule has 0 atom stereocenters. The number of aryl methyl sites for hydroxylation is 1. The van der Waals surface area contributed by atoms with E-state index in [1.807, 2.05) is 30.0 Å². The van der Waals surface area contributed by atoms with Gasteiger partial charge in [-0.15, -0.1) is 0 Å². The molecule has 0 aliphatic rings. The van der Waals surface area contributed by atoms with Crippen LogP contribution in [0.4, 0.5) is 0 Å². The number of halogens is 1. The highest BCUT2D eigenvalue weighted by Crippen LogP contribution is 2.14. The average molecular weight is 252 g/mol. The van der Waals surface area contributed by atoms with Crippen LogP contribution in [0.15, 0.2) is 30.7 Å². The van der Waals surface area contributed by atoms with E-state index in [1.165, 1.54) is 0 Å². The Kier molecular flexibility index (Phi) is 3.54. The van der Waals surface area contributed by atoms with Gasteiger partial charge in [0.2, 0.25) is 0 Å². The number of amides is 1. The first kappa shape index (κ1) is 11.8. The summed E-state index contributed by atoms with van der Waals surface area (Å²) in [4.78, 5) is 14.9. The fourth-order valence-corrected chi connectivity index (χ4v) is 1.89. The van der Waals surface area contributed by atoms with Crippen LogP contribution in [0, 0.1) is 0 Å². The van der Waals surface area contributed by atoms with Crippen LogP contribution >= 0.6 is 11.6 Å². The molecule has 0 unspecified atom stereocenters. The van der Waals surface area contributed by atoms with Crippen molar-refractivity contribution in [1.82, 2.24) is 14.9 Å². The third-order valence-electron chi connectivity index (χ3n) is 2.55. The molecule has 2 aromatic heterocycles. The Hall–Kier alpha value is -1.68. The third-order valence-corrected chi connectivity index (χ3v) is 2.76. The molecule has 0 saturated heterocycles. The standard InChI is InChI=1S/C12H14ClN3O/c1-2-16-8-10(13)5-11(16)12(17)15-7-9-3-4-14-6-9/h3-6,8,14H,2,7H2,1H3,(H,15,17). The van der Waals surface area contributed by atoms with Gasteiger partial charge in [-0.1, -0.05) is 11.6 Å². The lowest BCUT2D eigenvalue weighted by molar-refractivity contribution is 0.0942. The van der Waals surface area contributed by atoms with E-state index in [-0.39, 0.29) is 5.91 Å². The van der Waals surface area contributed by atoms with Crippen molar-refractivity contribution in [3.8, 4) is 0 Å². The fourth-order valence-electron chi connectivity index (χ4n) is 1.67. The summed E-state index contributed by atoms with van der Waals surface area (Å²) >= 11 is 5.88. The number of carbonyl (C=O) groups is 1. The number of carbonyl (C=O) groups excluding carboxylic acids is 1. The molecular formula is C12H14ClN3O. The number of hydrogen-bond acceptors (Lipinski definition) is 1. The largest absolute Gasteiger partial charge is 0.367 e. The molecular weight excluding hydrogens is 238 g/mol. The summed E-state index contributed by atoms with van der Waals surface area (Å²) in [5, 5.41) is 3.43. The minimum absolute atomic E-state index is 0.111. The Bertz CT molecular complexity index is 502. The van der Waals surface area contributed by atoms with Crippen LogP contribution in [0.5, 0.6) is 0 Å². The quantitative estimate of drug-likeness (QED) is 0.862. The Morgan fingerprint density at radius 2 is 2.41 bits per heavy atom. The molecule has 2 rings (SSSR count). The van der Waals surface area contributed by atoms with Crippen LogP contribution in [0.25, 0.3) is 0 Å². The van der Waals surface area contributed by atoms with Gasteiger partial charge in [0.25, 0.3) is 5.91 Å². The van der Waals surface area contributed by atoms with E-state index in [2.05, 4.69) is 10.3 Å². The van der Waals surface area contributed by atoms with Crippen molar-refractivity contribution in [2.75, 3.05) is 0 Å². The van der Waals surface area contributed by atoms with E-state index in [0.717, 1.165) is 12.1 Å².